The first-order chi connectivity index (χ1) is 11.3. The fourth-order valence-electron chi connectivity index (χ4n) is 2.42. The molecule has 6 heteroatoms. The van der Waals surface area contributed by atoms with Crippen molar-refractivity contribution in [2.75, 3.05) is 0 Å². The Kier molecular flexibility index (Phi) is 4.72. The zero-order valence-electron chi connectivity index (χ0n) is 13.8. The summed E-state index contributed by atoms with van der Waals surface area (Å²) >= 11 is 2.24. The Balaban J connectivity index is 1.92. The number of halogens is 1. The molecule has 1 aliphatic heterocycles. The van der Waals surface area contributed by atoms with E-state index >= 15 is 0 Å². The molecule has 124 valence electrons. The number of aldehydes is 1. The second-order valence-electron chi connectivity index (χ2n) is 6.32. The van der Waals surface area contributed by atoms with Crippen LogP contribution >= 0.6 is 22.6 Å². The molecule has 0 bridgehead atoms. The normalized spacial score (nSPS) is 22.4. The smallest absolute Gasteiger partial charge is 0.457 e. The van der Waals surface area contributed by atoms with E-state index in [2.05, 4.69) is 22.6 Å². The van der Waals surface area contributed by atoms with Crippen molar-refractivity contribution in [2.45, 2.75) is 30.0 Å². The minimum Gasteiger partial charge on any atom is -0.457 e. The third-order valence-electron chi connectivity index (χ3n) is 4.22. The van der Waals surface area contributed by atoms with Crippen LogP contribution in [0.4, 0.5) is 0 Å². The standard InChI is InChI=1S/C18H18BIO4/c1-17(2)18(3,20)24-19(23-17)16-11-15(10-9-13(16)12-21)22-14-7-5-4-6-8-14/h4-12H,1-3H3. The summed E-state index contributed by atoms with van der Waals surface area (Å²) in [4.78, 5) is 11.4. The zero-order chi connectivity index (χ0) is 17.4. The molecule has 2 aromatic carbocycles. The highest BCUT2D eigenvalue weighted by Crippen LogP contribution is 2.42. The molecular weight excluding hydrogens is 418 g/mol. The van der Waals surface area contributed by atoms with Gasteiger partial charge >= 0.3 is 7.12 Å². The predicted octanol–water partition coefficient (Wildman–Crippen LogP) is 3.96. The molecule has 1 aliphatic rings. The van der Waals surface area contributed by atoms with E-state index in [1.807, 2.05) is 51.1 Å². The van der Waals surface area contributed by atoms with Gasteiger partial charge in [0.05, 0.1) is 5.60 Å². The molecule has 24 heavy (non-hydrogen) atoms. The minimum atomic E-state index is -0.610. The summed E-state index contributed by atoms with van der Waals surface area (Å²) in [5.74, 6) is 1.36. The van der Waals surface area contributed by atoms with Gasteiger partial charge in [-0.25, -0.2) is 0 Å². The lowest BCUT2D eigenvalue weighted by Crippen LogP contribution is -2.38. The Morgan fingerprint density at radius 2 is 1.75 bits per heavy atom. The van der Waals surface area contributed by atoms with Gasteiger partial charge in [-0.1, -0.05) is 18.2 Å². The third-order valence-corrected chi connectivity index (χ3v) is 5.78. The maximum absolute atomic E-state index is 11.4. The van der Waals surface area contributed by atoms with Gasteiger partial charge in [-0.05, 0) is 79.2 Å². The van der Waals surface area contributed by atoms with Crippen molar-refractivity contribution in [3.63, 3.8) is 0 Å². The van der Waals surface area contributed by atoms with Gasteiger partial charge in [0.1, 0.15) is 21.4 Å². The van der Waals surface area contributed by atoms with Crippen molar-refractivity contribution in [3.05, 3.63) is 54.1 Å². The van der Waals surface area contributed by atoms with Gasteiger partial charge in [-0.15, -0.1) is 0 Å². The van der Waals surface area contributed by atoms with Crippen LogP contribution in [0.5, 0.6) is 11.5 Å². The monoisotopic (exact) mass is 436 g/mol. The van der Waals surface area contributed by atoms with E-state index in [4.69, 9.17) is 14.0 Å². The number of hydrogen-bond acceptors (Lipinski definition) is 4. The van der Waals surface area contributed by atoms with Crippen molar-refractivity contribution >= 4 is 41.5 Å². The van der Waals surface area contributed by atoms with Crippen LogP contribution in [-0.2, 0) is 9.31 Å². The van der Waals surface area contributed by atoms with Crippen LogP contribution in [0.2, 0.25) is 0 Å². The molecule has 1 unspecified atom stereocenters. The maximum atomic E-state index is 11.4. The molecule has 0 saturated carbocycles. The molecule has 0 aliphatic carbocycles. The average Bonchev–Trinajstić information content (AvgIpc) is 2.76. The maximum Gasteiger partial charge on any atom is 0.496 e. The van der Waals surface area contributed by atoms with Crippen LogP contribution in [0, 0.1) is 0 Å². The van der Waals surface area contributed by atoms with E-state index in [0.717, 1.165) is 12.0 Å². The van der Waals surface area contributed by atoms with Gasteiger partial charge in [0.2, 0.25) is 0 Å². The van der Waals surface area contributed by atoms with E-state index in [0.29, 0.717) is 16.8 Å². The Labute approximate surface area is 155 Å². The highest BCUT2D eigenvalue weighted by molar-refractivity contribution is 14.1. The lowest BCUT2D eigenvalue weighted by Gasteiger charge is -2.30. The van der Waals surface area contributed by atoms with Gasteiger partial charge < -0.3 is 14.0 Å². The molecule has 2 aromatic rings. The quantitative estimate of drug-likeness (QED) is 0.315. The lowest BCUT2D eigenvalue weighted by atomic mass is 9.76. The van der Waals surface area contributed by atoms with Gasteiger partial charge in [-0.2, -0.15) is 0 Å². The largest absolute Gasteiger partial charge is 0.496 e. The molecule has 0 aromatic heterocycles. The highest BCUT2D eigenvalue weighted by Gasteiger charge is 2.53. The fourth-order valence-corrected chi connectivity index (χ4v) is 2.78. The van der Waals surface area contributed by atoms with Crippen LogP contribution in [-0.4, -0.2) is 22.6 Å². The topological polar surface area (TPSA) is 44.8 Å². The first-order valence-corrected chi connectivity index (χ1v) is 8.77. The van der Waals surface area contributed by atoms with Crippen molar-refractivity contribution in [2.24, 2.45) is 0 Å². The van der Waals surface area contributed by atoms with E-state index < -0.39 is 16.3 Å². The second-order valence-corrected chi connectivity index (χ2v) is 8.38. The molecule has 4 nitrogen and oxygen atoms in total. The fraction of sp³-hybridized carbons (Fsp3) is 0.278. The Bertz CT molecular complexity index is 730. The molecular formula is C18H18BIO4. The summed E-state index contributed by atoms with van der Waals surface area (Å²) in [5.41, 5.74) is 0.728. The van der Waals surface area contributed by atoms with Gasteiger partial charge in [0.25, 0.3) is 0 Å². The molecule has 0 spiro atoms. The van der Waals surface area contributed by atoms with Crippen LogP contribution in [0.3, 0.4) is 0 Å². The second kappa shape index (κ2) is 6.50. The van der Waals surface area contributed by atoms with E-state index in [-0.39, 0.29) is 0 Å². The van der Waals surface area contributed by atoms with Crippen molar-refractivity contribution < 1.29 is 18.8 Å². The number of para-hydroxylation sites is 1. The Morgan fingerprint density at radius 3 is 2.33 bits per heavy atom. The van der Waals surface area contributed by atoms with Crippen LogP contribution < -0.4 is 10.2 Å². The van der Waals surface area contributed by atoms with Crippen LogP contribution in [0.1, 0.15) is 31.1 Å². The van der Waals surface area contributed by atoms with Crippen LogP contribution in [0.15, 0.2) is 48.5 Å². The van der Waals surface area contributed by atoms with E-state index in [1.54, 1.807) is 18.2 Å². The lowest BCUT2D eigenvalue weighted by molar-refractivity contribution is 0.0726. The van der Waals surface area contributed by atoms with Gasteiger partial charge in [-0.3, -0.25) is 4.79 Å². The number of ether oxygens (including phenoxy) is 1. The number of hydrogen-bond donors (Lipinski definition) is 0. The zero-order valence-corrected chi connectivity index (χ0v) is 15.9. The summed E-state index contributed by atoms with van der Waals surface area (Å²) in [6.07, 6.45) is 0.810. The molecule has 1 saturated heterocycles. The van der Waals surface area contributed by atoms with Crippen molar-refractivity contribution in [1.29, 1.82) is 0 Å². The first-order valence-electron chi connectivity index (χ1n) is 7.69. The predicted molar refractivity (Wildman–Crippen MR) is 102 cm³/mol. The van der Waals surface area contributed by atoms with E-state index in [1.165, 1.54) is 0 Å². The highest BCUT2D eigenvalue weighted by atomic mass is 127. The van der Waals surface area contributed by atoms with Crippen molar-refractivity contribution in [3.8, 4) is 11.5 Å². The molecule has 3 rings (SSSR count). The molecule has 0 amide bonds. The summed E-state index contributed by atoms with van der Waals surface area (Å²) in [5, 5.41) is 0. The number of carbonyl (C=O) groups excluding carboxylic acids is 1. The van der Waals surface area contributed by atoms with E-state index in [9.17, 15) is 4.79 Å². The SMILES string of the molecule is CC1(C)OB(c2cc(Oc3ccccc3)ccc2C=O)OC1(C)I. The van der Waals surface area contributed by atoms with Gasteiger partial charge in [0, 0.05) is 5.56 Å². The first kappa shape index (κ1) is 17.4. The number of benzene rings is 2. The molecule has 1 fully saturated rings. The number of carbonyl (C=O) groups is 1. The Hall–Kier alpha value is -1.38. The summed E-state index contributed by atoms with van der Waals surface area (Å²) < 4.78 is 17.5. The molecule has 0 radical (unpaired) electrons. The molecule has 0 N–H and O–H groups in total. The number of alkyl halides is 1. The van der Waals surface area contributed by atoms with Gasteiger partial charge in [0.15, 0.2) is 0 Å². The van der Waals surface area contributed by atoms with Crippen LogP contribution in [0.25, 0.3) is 0 Å². The Morgan fingerprint density at radius 1 is 1.04 bits per heavy atom. The minimum absolute atomic E-state index is 0.478. The average molecular weight is 436 g/mol. The van der Waals surface area contributed by atoms with Crippen molar-refractivity contribution in [1.82, 2.24) is 0 Å². The molecule has 1 atom stereocenters. The summed E-state index contributed by atoms with van der Waals surface area (Å²) in [7, 11) is -0.610. The summed E-state index contributed by atoms with van der Waals surface area (Å²) in [6.45, 7) is 5.92. The number of rotatable bonds is 4. The molecule has 1 heterocycles. The summed E-state index contributed by atoms with van der Waals surface area (Å²) in [6, 6.07) is 14.8. The third kappa shape index (κ3) is 3.36.